The average Bonchev–Trinajstić information content (AvgIpc) is 2.41. The summed E-state index contributed by atoms with van der Waals surface area (Å²) in [4.78, 5) is 11.9. The Hall–Kier alpha value is -0.420. The summed E-state index contributed by atoms with van der Waals surface area (Å²) >= 11 is 7.48. The molecule has 2 N–H and O–H groups in total. The molecule has 1 aromatic rings. The molecule has 1 amide bonds. The van der Waals surface area contributed by atoms with E-state index in [1.54, 1.807) is 11.8 Å². The lowest BCUT2D eigenvalue weighted by Gasteiger charge is -2.28. The van der Waals surface area contributed by atoms with Crippen LogP contribution < -0.4 is 10.6 Å². The summed E-state index contributed by atoms with van der Waals surface area (Å²) in [7, 11) is 0. The maximum atomic E-state index is 11.9. The van der Waals surface area contributed by atoms with Crippen molar-refractivity contribution in [2.24, 2.45) is 0 Å². The summed E-state index contributed by atoms with van der Waals surface area (Å²) in [6.45, 7) is 3.15. The van der Waals surface area contributed by atoms with Gasteiger partial charge in [0.25, 0.3) is 0 Å². The lowest BCUT2D eigenvalue weighted by molar-refractivity contribution is -0.119. The van der Waals surface area contributed by atoms with Crippen molar-refractivity contribution >= 4 is 41.7 Å². The largest absolute Gasteiger partial charge is 0.353 e. The van der Waals surface area contributed by atoms with Gasteiger partial charge in [0, 0.05) is 22.9 Å². The van der Waals surface area contributed by atoms with Crippen molar-refractivity contribution in [2.45, 2.75) is 37.6 Å². The second kappa shape index (κ2) is 9.57. The summed E-state index contributed by atoms with van der Waals surface area (Å²) in [6.07, 6.45) is 2.05. The molecular weight excluding hydrogens is 327 g/mol. The molecule has 21 heavy (non-hydrogen) atoms. The second-order valence-corrected chi connectivity index (χ2v) is 6.69. The van der Waals surface area contributed by atoms with E-state index in [1.807, 2.05) is 24.3 Å². The molecule has 1 aliphatic heterocycles. The van der Waals surface area contributed by atoms with E-state index in [1.165, 1.54) is 5.56 Å². The summed E-state index contributed by atoms with van der Waals surface area (Å²) < 4.78 is 0. The van der Waals surface area contributed by atoms with E-state index in [-0.39, 0.29) is 18.3 Å². The molecule has 2 atom stereocenters. The summed E-state index contributed by atoms with van der Waals surface area (Å²) in [5, 5.41) is 7.26. The lowest BCUT2D eigenvalue weighted by atomic mass is 10.0. The van der Waals surface area contributed by atoms with E-state index in [4.69, 9.17) is 11.6 Å². The first kappa shape index (κ1) is 18.6. The monoisotopic (exact) mass is 348 g/mol. The molecule has 1 fully saturated rings. The number of nitrogens with one attached hydrogen (secondary N) is 2. The average molecular weight is 349 g/mol. The van der Waals surface area contributed by atoms with Crippen LogP contribution in [-0.4, -0.2) is 30.3 Å². The van der Waals surface area contributed by atoms with Gasteiger partial charge in [0.1, 0.15) is 0 Å². The highest BCUT2D eigenvalue weighted by Crippen LogP contribution is 2.15. The molecule has 3 nitrogen and oxygen atoms in total. The van der Waals surface area contributed by atoms with Crippen molar-refractivity contribution < 1.29 is 4.79 Å². The highest BCUT2D eigenvalue weighted by Gasteiger charge is 2.19. The molecule has 0 radical (unpaired) electrons. The Morgan fingerprint density at radius 1 is 1.43 bits per heavy atom. The zero-order chi connectivity index (χ0) is 14.4. The number of amides is 1. The molecule has 0 aromatic heterocycles. The summed E-state index contributed by atoms with van der Waals surface area (Å²) in [5.74, 6) is 1.50. The van der Waals surface area contributed by atoms with Crippen molar-refractivity contribution in [1.29, 1.82) is 0 Å². The van der Waals surface area contributed by atoms with Crippen molar-refractivity contribution in [3.63, 3.8) is 0 Å². The molecule has 6 heteroatoms. The van der Waals surface area contributed by atoms with Crippen LogP contribution in [0, 0.1) is 0 Å². The van der Waals surface area contributed by atoms with E-state index in [9.17, 15) is 4.79 Å². The number of halogens is 2. The fourth-order valence-electron chi connectivity index (χ4n) is 2.37. The topological polar surface area (TPSA) is 41.1 Å². The molecule has 1 aliphatic rings. The normalized spacial score (nSPS) is 21.4. The van der Waals surface area contributed by atoms with Gasteiger partial charge >= 0.3 is 0 Å². The Balaban J connectivity index is 0.00000220. The van der Waals surface area contributed by atoms with Gasteiger partial charge < -0.3 is 10.6 Å². The summed E-state index contributed by atoms with van der Waals surface area (Å²) in [5.41, 5.74) is 1.20. The molecule has 0 aliphatic carbocycles. The first-order valence-corrected chi connectivity index (χ1v) is 8.51. The first-order chi connectivity index (χ1) is 9.63. The van der Waals surface area contributed by atoms with Crippen LogP contribution in [0.3, 0.4) is 0 Å². The van der Waals surface area contributed by atoms with Gasteiger partial charge in [0.05, 0.1) is 5.75 Å². The summed E-state index contributed by atoms with van der Waals surface area (Å²) in [6, 6.07) is 8.59. The minimum absolute atomic E-state index is 0. The van der Waals surface area contributed by atoms with Crippen LogP contribution >= 0.6 is 35.8 Å². The highest BCUT2D eigenvalue weighted by molar-refractivity contribution is 7.99. The molecule has 0 spiro atoms. The van der Waals surface area contributed by atoms with Gasteiger partial charge in [-0.2, -0.15) is 0 Å². The number of carbonyl (C=O) groups is 1. The van der Waals surface area contributed by atoms with Crippen LogP contribution in [0.1, 0.15) is 25.3 Å². The fraction of sp³-hybridized carbons (Fsp3) is 0.533. The van der Waals surface area contributed by atoms with Crippen LogP contribution in [0.2, 0.25) is 5.02 Å². The molecule has 2 unspecified atom stereocenters. The van der Waals surface area contributed by atoms with Crippen molar-refractivity contribution in [1.82, 2.24) is 10.6 Å². The lowest BCUT2D eigenvalue weighted by Crippen LogP contribution is -2.47. The first-order valence-electron chi connectivity index (χ1n) is 6.98. The highest BCUT2D eigenvalue weighted by atomic mass is 35.5. The Kier molecular flexibility index (Phi) is 8.49. The molecule has 1 heterocycles. The predicted octanol–water partition coefficient (Wildman–Crippen LogP) is 3.25. The van der Waals surface area contributed by atoms with E-state index < -0.39 is 0 Å². The minimum Gasteiger partial charge on any atom is -0.353 e. The molecule has 0 saturated carbocycles. The molecular formula is C15H22Cl2N2OS. The van der Waals surface area contributed by atoms with Crippen molar-refractivity contribution in [3.05, 3.63) is 34.9 Å². The zero-order valence-electron chi connectivity index (χ0n) is 12.1. The molecule has 1 saturated heterocycles. The number of benzene rings is 1. The van der Waals surface area contributed by atoms with Crippen LogP contribution in [0.15, 0.2) is 24.3 Å². The van der Waals surface area contributed by atoms with Gasteiger partial charge in [-0.25, -0.2) is 0 Å². The van der Waals surface area contributed by atoms with Crippen LogP contribution in [0.5, 0.6) is 0 Å². The second-order valence-electron chi connectivity index (χ2n) is 5.26. The minimum atomic E-state index is 0. The quantitative estimate of drug-likeness (QED) is 0.857. The van der Waals surface area contributed by atoms with Gasteiger partial charge in [-0.05, 0) is 44.0 Å². The van der Waals surface area contributed by atoms with Gasteiger partial charge in [-0.3, -0.25) is 4.79 Å². The van der Waals surface area contributed by atoms with Crippen LogP contribution in [-0.2, 0) is 10.5 Å². The maximum absolute atomic E-state index is 11.9. The van der Waals surface area contributed by atoms with Crippen molar-refractivity contribution in [3.8, 4) is 0 Å². The van der Waals surface area contributed by atoms with Gasteiger partial charge in [0.15, 0.2) is 0 Å². The Labute approximate surface area is 142 Å². The molecule has 118 valence electrons. The van der Waals surface area contributed by atoms with Gasteiger partial charge in [-0.15, -0.1) is 24.2 Å². The zero-order valence-corrected chi connectivity index (χ0v) is 14.5. The van der Waals surface area contributed by atoms with E-state index in [0.717, 1.165) is 30.2 Å². The Morgan fingerprint density at radius 2 is 2.14 bits per heavy atom. The molecule has 0 bridgehead atoms. The van der Waals surface area contributed by atoms with E-state index in [2.05, 4.69) is 17.6 Å². The Bertz CT molecular complexity index is 442. The van der Waals surface area contributed by atoms with Crippen molar-refractivity contribution in [2.75, 3.05) is 12.3 Å². The molecule has 2 rings (SSSR count). The van der Waals surface area contributed by atoms with Crippen LogP contribution in [0.25, 0.3) is 0 Å². The number of piperidine rings is 1. The van der Waals surface area contributed by atoms with E-state index >= 15 is 0 Å². The number of hydrogen-bond donors (Lipinski definition) is 2. The number of hydrogen-bond acceptors (Lipinski definition) is 3. The third kappa shape index (κ3) is 6.92. The third-order valence-corrected chi connectivity index (χ3v) is 4.66. The Morgan fingerprint density at radius 3 is 2.81 bits per heavy atom. The van der Waals surface area contributed by atoms with Gasteiger partial charge in [0.2, 0.25) is 5.91 Å². The molecule has 1 aromatic carbocycles. The number of thioether (sulfide) groups is 1. The van der Waals surface area contributed by atoms with Crippen LogP contribution in [0.4, 0.5) is 0 Å². The maximum Gasteiger partial charge on any atom is 0.230 e. The predicted molar refractivity (Wildman–Crippen MR) is 93.5 cm³/mol. The standard InChI is InChI=1S/C15H21ClN2OS.ClH/c1-11-8-14(6-7-17-11)18-15(19)10-20-9-12-2-4-13(16)5-3-12;/h2-5,11,14,17H,6-10H2,1H3,(H,18,19);1H. The number of carbonyl (C=O) groups excluding carboxylic acids is 1. The third-order valence-electron chi connectivity index (χ3n) is 3.40. The smallest absolute Gasteiger partial charge is 0.230 e. The van der Waals surface area contributed by atoms with E-state index in [0.29, 0.717) is 17.8 Å². The fourth-order valence-corrected chi connectivity index (χ4v) is 3.30. The number of rotatable bonds is 5. The SMILES string of the molecule is CC1CC(NC(=O)CSCc2ccc(Cl)cc2)CCN1.Cl. The van der Waals surface area contributed by atoms with Gasteiger partial charge in [-0.1, -0.05) is 23.7 Å².